The fraction of sp³-hybridized carbons (Fsp3) is 0.435. The first kappa shape index (κ1) is 24.5. The number of carbonyl (C=O) groups is 1. The third-order valence-corrected chi connectivity index (χ3v) is 6.19. The van der Waals surface area contributed by atoms with E-state index in [0.29, 0.717) is 61.5 Å². The van der Waals surface area contributed by atoms with Gasteiger partial charge in [-0.25, -0.2) is 8.42 Å². The van der Waals surface area contributed by atoms with E-state index < -0.39 is 10.0 Å². The first-order chi connectivity index (χ1) is 15.8. The highest BCUT2D eigenvalue weighted by molar-refractivity contribution is 7.92. The van der Waals surface area contributed by atoms with E-state index in [1.807, 2.05) is 19.1 Å². The van der Waals surface area contributed by atoms with Crippen molar-refractivity contribution >= 4 is 21.6 Å². The van der Waals surface area contributed by atoms with E-state index in [1.165, 1.54) is 4.31 Å². The quantitative estimate of drug-likeness (QED) is 0.530. The fourth-order valence-electron chi connectivity index (χ4n) is 3.45. The van der Waals surface area contributed by atoms with Crippen molar-refractivity contribution in [3.63, 3.8) is 0 Å². The van der Waals surface area contributed by atoms with Crippen LogP contribution in [0.1, 0.15) is 25.3 Å². The number of rotatable bonds is 11. The first-order valence-electron chi connectivity index (χ1n) is 10.8. The lowest BCUT2D eigenvalue weighted by molar-refractivity contribution is -0.121. The number of nitrogens with one attached hydrogen (secondary N) is 1. The summed E-state index contributed by atoms with van der Waals surface area (Å²) in [5.74, 6) is 2.18. The minimum Gasteiger partial charge on any atom is -0.493 e. The molecule has 0 saturated heterocycles. The number of methoxy groups -OCH3 is 1. The molecular weight excluding hydrogens is 448 g/mol. The van der Waals surface area contributed by atoms with Gasteiger partial charge in [0.05, 0.1) is 25.7 Å². The maximum absolute atomic E-state index is 12.4. The van der Waals surface area contributed by atoms with Crippen molar-refractivity contribution in [1.29, 1.82) is 0 Å². The van der Waals surface area contributed by atoms with Gasteiger partial charge in [-0.2, -0.15) is 0 Å². The van der Waals surface area contributed by atoms with Crippen LogP contribution in [0.25, 0.3) is 0 Å². The summed E-state index contributed by atoms with van der Waals surface area (Å²) < 4.78 is 47.9. The van der Waals surface area contributed by atoms with Crippen LogP contribution in [0, 0.1) is 0 Å². The predicted molar refractivity (Wildman–Crippen MR) is 125 cm³/mol. The molecule has 180 valence electrons. The molecule has 3 rings (SSSR count). The summed E-state index contributed by atoms with van der Waals surface area (Å²) in [5, 5.41) is 2.86. The number of nitrogens with zero attached hydrogens (tertiary/aromatic N) is 1. The van der Waals surface area contributed by atoms with Gasteiger partial charge in [0.25, 0.3) is 0 Å². The average Bonchev–Trinajstić information content (AvgIpc) is 2.80. The van der Waals surface area contributed by atoms with Crippen LogP contribution in [-0.4, -0.2) is 54.1 Å². The van der Waals surface area contributed by atoms with E-state index in [9.17, 15) is 13.2 Å². The van der Waals surface area contributed by atoms with Gasteiger partial charge in [-0.3, -0.25) is 9.10 Å². The van der Waals surface area contributed by atoms with E-state index in [4.69, 9.17) is 18.9 Å². The summed E-state index contributed by atoms with van der Waals surface area (Å²) in [5.41, 5.74) is 1.35. The van der Waals surface area contributed by atoms with Gasteiger partial charge in [-0.05, 0) is 43.2 Å². The van der Waals surface area contributed by atoms with Crippen molar-refractivity contribution in [2.45, 2.75) is 26.3 Å². The molecule has 0 aliphatic carbocycles. The number of anilines is 1. The predicted octanol–water partition coefficient (Wildman–Crippen LogP) is 2.73. The summed E-state index contributed by atoms with van der Waals surface area (Å²) >= 11 is 0. The summed E-state index contributed by atoms with van der Waals surface area (Å²) in [4.78, 5) is 12.3. The molecule has 9 nitrogen and oxygen atoms in total. The Hall–Kier alpha value is -3.14. The van der Waals surface area contributed by atoms with Crippen LogP contribution >= 0.6 is 0 Å². The molecule has 1 heterocycles. The average molecular weight is 479 g/mol. The van der Waals surface area contributed by atoms with Crippen LogP contribution in [0.2, 0.25) is 0 Å². The third-order valence-electron chi connectivity index (χ3n) is 5.00. The Balaban J connectivity index is 1.55. The van der Waals surface area contributed by atoms with Gasteiger partial charge in [0.15, 0.2) is 23.0 Å². The highest BCUT2D eigenvalue weighted by Gasteiger charge is 2.21. The second-order valence-electron chi connectivity index (χ2n) is 7.46. The van der Waals surface area contributed by atoms with Gasteiger partial charge in [-0.15, -0.1) is 0 Å². The zero-order chi connectivity index (χ0) is 23.8. The largest absolute Gasteiger partial charge is 0.493 e. The lowest BCUT2D eigenvalue weighted by Gasteiger charge is -2.25. The van der Waals surface area contributed by atoms with Crippen molar-refractivity contribution in [2.24, 2.45) is 0 Å². The van der Waals surface area contributed by atoms with Crippen LogP contribution in [0.3, 0.4) is 0 Å². The Morgan fingerprint density at radius 1 is 1.09 bits per heavy atom. The summed E-state index contributed by atoms with van der Waals surface area (Å²) in [6, 6.07) is 10.5. The second kappa shape index (κ2) is 11.1. The van der Waals surface area contributed by atoms with Gasteiger partial charge in [0.1, 0.15) is 13.2 Å². The SMILES string of the molecule is CCOc1cc(CNC(=O)CCCN(c2ccc3c(c2)OCCO3)S(C)(=O)=O)ccc1OC. The fourth-order valence-corrected chi connectivity index (χ4v) is 4.40. The maximum atomic E-state index is 12.4. The van der Waals surface area contributed by atoms with Crippen LogP contribution in [0.5, 0.6) is 23.0 Å². The number of fused-ring (bicyclic) bond motifs is 1. The van der Waals surface area contributed by atoms with Crippen LogP contribution < -0.4 is 28.6 Å². The molecule has 0 spiro atoms. The smallest absolute Gasteiger partial charge is 0.232 e. The molecule has 10 heteroatoms. The molecule has 1 aliphatic rings. The standard InChI is InChI=1S/C23H30N2O7S/c1-4-30-21-14-17(7-9-19(21)29-2)16-24-23(26)6-5-11-25(33(3,27)28)18-8-10-20-22(15-18)32-13-12-31-20/h7-10,14-15H,4-6,11-13,16H2,1-3H3,(H,24,26). The zero-order valence-electron chi connectivity index (χ0n) is 19.1. The summed E-state index contributed by atoms with van der Waals surface area (Å²) in [6.07, 6.45) is 1.69. The molecule has 0 unspecified atom stereocenters. The molecule has 2 aromatic rings. The second-order valence-corrected chi connectivity index (χ2v) is 9.37. The molecule has 0 atom stereocenters. The van der Waals surface area contributed by atoms with Crippen molar-refractivity contribution in [3.05, 3.63) is 42.0 Å². The van der Waals surface area contributed by atoms with Crippen molar-refractivity contribution < 1.29 is 32.2 Å². The van der Waals surface area contributed by atoms with Crippen molar-refractivity contribution in [2.75, 3.05) is 44.0 Å². The minimum absolute atomic E-state index is 0.167. The van der Waals surface area contributed by atoms with Gasteiger partial charge in [0, 0.05) is 25.6 Å². The molecule has 0 bridgehead atoms. The molecular formula is C23H30N2O7S. The lowest BCUT2D eigenvalue weighted by atomic mass is 10.2. The Kier molecular flexibility index (Phi) is 8.26. The Morgan fingerprint density at radius 3 is 2.55 bits per heavy atom. The highest BCUT2D eigenvalue weighted by Crippen LogP contribution is 2.34. The maximum Gasteiger partial charge on any atom is 0.232 e. The number of hydrogen-bond donors (Lipinski definition) is 1. The summed E-state index contributed by atoms with van der Waals surface area (Å²) in [6.45, 7) is 3.77. The van der Waals surface area contributed by atoms with Gasteiger partial charge in [0.2, 0.25) is 15.9 Å². The Bertz CT molecular complexity index is 1070. The normalized spacial score (nSPS) is 12.7. The molecule has 0 aromatic heterocycles. The summed E-state index contributed by atoms with van der Waals surface area (Å²) in [7, 11) is -1.96. The number of amides is 1. The molecule has 1 aliphatic heterocycles. The number of benzene rings is 2. The van der Waals surface area contributed by atoms with Crippen LogP contribution in [0.15, 0.2) is 36.4 Å². The first-order valence-corrected chi connectivity index (χ1v) is 12.6. The van der Waals surface area contributed by atoms with E-state index >= 15 is 0 Å². The molecule has 0 saturated carbocycles. The number of sulfonamides is 1. The molecule has 0 radical (unpaired) electrons. The van der Waals surface area contributed by atoms with Crippen molar-refractivity contribution in [3.8, 4) is 23.0 Å². The van der Waals surface area contributed by atoms with E-state index in [-0.39, 0.29) is 18.9 Å². The highest BCUT2D eigenvalue weighted by atomic mass is 32.2. The van der Waals surface area contributed by atoms with Gasteiger partial charge < -0.3 is 24.3 Å². The van der Waals surface area contributed by atoms with Crippen molar-refractivity contribution in [1.82, 2.24) is 5.32 Å². The van der Waals surface area contributed by atoms with Gasteiger partial charge >= 0.3 is 0 Å². The number of hydrogen-bond acceptors (Lipinski definition) is 7. The minimum atomic E-state index is -3.54. The molecule has 33 heavy (non-hydrogen) atoms. The number of ether oxygens (including phenoxy) is 4. The molecule has 1 amide bonds. The Morgan fingerprint density at radius 2 is 1.85 bits per heavy atom. The van der Waals surface area contributed by atoms with Gasteiger partial charge in [-0.1, -0.05) is 6.07 Å². The topological polar surface area (TPSA) is 103 Å². The van der Waals surface area contributed by atoms with E-state index in [2.05, 4.69) is 5.32 Å². The van der Waals surface area contributed by atoms with Crippen LogP contribution in [0.4, 0.5) is 5.69 Å². The lowest BCUT2D eigenvalue weighted by Crippen LogP contribution is -2.32. The molecule has 2 aromatic carbocycles. The van der Waals surface area contributed by atoms with Crippen LogP contribution in [-0.2, 0) is 21.4 Å². The zero-order valence-corrected chi connectivity index (χ0v) is 19.9. The van der Waals surface area contributed by atoms with E-state index in [1.54, 1.807) is 31.4 Å². The van der Waals surface area contributed by atoms with E-state index in [0.717, 1.165) is 11.8 Å². The number of carbonyl (C=O) groups excluding carboxylic acids is 1. The third kappa shape index (κ3) is 6.67. The molecule has 0 fully saturated rings. The Labute approximate surface area is 194 Å². The monoisotopic (exact) mass is 478 g/mol. The molecule has 1 N–H and O–H groups in total.